The number of hydrogen-bond acceptors (Lipinski definition) is 3. The summed E-state index contributed by atoms with van der Waals surface area (Å²) >= 11 is 0. The third kappa shape index (κ3) is 2.70. The van der Waals surface area contributed by atoms with E-state index in [1.165, 1.54) is 51.4 Å². The maximum atomic E-state index is 12.6. The van der Waals surface area contributed by atoms with Crippen LogP contribution in [0.3, 0.4) is 0 Å². The van der Waals surface area contributed by atoms with Gasteiger partial charge in [0.25, 0.3) is 0 Å². The smallest absolute Gasteiger partial charge is 0.306 e. The standard InChI is InChI=1S/C30H48O3/c1-25(2)14-16-30-17-15-28(6)19(23(30)24(25)32-18-30)8-9-21-27(5)12-11-22(31)33-26(3,4)20(27)10-13-29(21,28)7/h19-21,23-24H,8-18H2,1-7H3/t19-,20+,21+,23-,24+,27+,28+,29+,30+/m1/s1. The second-order valence-electron chi connectivity index (χ2n) is 15.4. The van der Waals surface area contributed by atoms with Gasteiger partial charge in [0.15, 0.2) is 0 Å². The fraction of sp³-hybridized carbons (Fsp3) is 0.967. The molecule has 3 nitrogen and oxygen atoms in total. The van der Waals surface area contributed by atoms with Crippen LogP contribution in [-0.2, 0) is 14.3 Å². The van der Waals surface area contributed by atoms with Crippen LogP contribution in [0.2, 0.25) is 0 Å². The van der Waals surface area contributed by atoms with E-state index in [1.807, 2.05) is 0 Å². The van der Waals surface area contributed by atoms with Crippen LogP contribution in [0, 0.1) is 50.7 Å². The molecule has 0 unspecified atom stereocenters. The van der Waals surface area contributed by atoms with Gasteiger partial charge in [0, 0.05) is 12.3 Å². The zero-order valence-corrected chi connectivity index (χ0v) is 22.4. The zero-order chi connectivity index (χ0) is 23.7. The maximum absolute atomic E-state index is 12.6. The third-order valence-corrected chi connectivity index (χ3v) is 13.5. The van der Waals surface area contributed by atoms with Crippen molar-refractivity contribution >= 4 is 5.97 Å². The van der Waals surface area contributed by atoms with Crippen LogP contribution < -0.4 is 0 Å². The van der Waals surface area contributed by atoms with E-state index in [-0.39, 0.29) is 17.0 Å². The molecule has 0 aromatic rings. The molecule has 2 saturated heterocycles. The van der Waals surface area contributed by atoms with Crippen molar-refractivity contribution in [1.82, 2.24) is 0 Å². The summed E-state index contributed by atoms with van der Waals surface area (Å²) < 4.78 is 12.8. The number of carbonyl (C=O) groups is 1. The lowest BCUT2D eigenvalue weighted by atomic mass is 9.32. The zero-order valence-electron chi connectivity index (χ0n) is 22.4. The highest BCUT2D eigenvalue weighted by Gasteiger charge is 2.72. The fourth-order valence-electron chi connectivity index (χ4n) is 11.6. The summed E-state index contributed by atoms with van der Waals surface area (Å²) in [4.78, 5) is 12.6. The monoisotopic (exact) mass is 456 g/mol. The summed E-state index contributed by atoms with van der Waals surface area (Å²) in [6, 6.07) is 0. The van der Waals surface area contributed by atoms with E-state index >= 15 is 0 Å². The van der Waals surface area contributed by atoms with E-state index in [4.69, 9.17) is 9.47 Å². The van der Waals surface area contributed by atoms with E-state index < -0.39 is 0 Å². The molecule has 3 heteroatoms. The van der Waals surface area contributed by atoms with Crippen LogP contribution in [0.25, 0.3) is 0 Å². The normalized spacial score (nSPS) is 56.5. The molecule has 4 aliphatic carbocycles. The number of ether oxygens (including phenoxy) is 2. The Labute approximate surface area is 202 Å². The first kappa shape index (κ1) is 22.9. The number of rotatable bonds is 0. The van der Waals surface area contributed by atoms with Crippen molar-refractivity contribution in [3.63, 3.8) is 0 Å². The first-order chi connectivity index (χ1) is 15.3. The van der Waals surface area contributed by atoms with Crippen LogP contribution in [-0.4, -0.2) is 24.3 Å². The Morgan fingerprint density at radius 2 is 1.48 bits per heavy atom. The molecule has 33 heavy (non-hydrogen) atoms. The molecular formula is C30H48O3. The second-order valence-corrected chi connectivity index (χ2v) is 15.4. The quantitative estimate of drug-likeness (QED) is 0.362. The molecular weight excluding hydrogens is 408 g/mol. The van der Waals surface area contributed by atoms with Gasteiger partial charge in [0.05, 0.1) is 12.7 Å². The predicted molar refractivity (Wildman–Crippen MR) is 131 cm³/mol. The molecule has 4 saturated carbocycles. The molecule has 9 atom stereocenters. The average Bonchev–Trinajstić information content (AvgIpc) is 3.01. The lowest BCUT2D eigenvalue weighted by molar-refractivity contribution is -0.239. The van der Waals surface area contributed by atoms with Crippen molar-refractivity contribution in [3.8, 4) is 0 Å². The first-order valence-corrected chi connectivity index (χ1v) is 14.1. The molecule has 2 heterocycles. The topological polar surface area (TPSA) is 35.5 Å². The number of carbonyl (C=O) groups excluding carboxylic acids is 1. The van der Waals surface area contributed by atoms with Crippen molar-refractivity contribution in [2.45, 2.75) is 124 Å². The van der Waals surface area contributed by atoms with Gasteiger partial charge in [0.1, 0.15) is 5.60 Å². The highest BCUT2D eigenvalue weighted by molar-refractivity contribution is 5.70. The molecule has 0 radical (unpaired) electrons. The molecule has 0 spiro atoms. The minimum absolute atomic E-state index is 0.0231. The molecule has 6 aliphatic rings. The van der Waals surface area contributed by atoms with Crippen molar-refractivity contribution in [2.75, 3.05) is 6.61 Å². The minimum atomic E-state index is -0.349. The molecule has 2 aliphatic heterocycles. The van der Waals surface area contributed by atoms with Crippen LogP contribution in [0.4, 0.5) is 0 Å². The van der Waals surface area contributed by atoms with Gasteiger partial charge in [-0.25, -0.2) is 0 Å². The van der Waals surface area contributed by atoms with E-state index in [0.29, 0.717) is 46.0 Å². The number of esters is 1. The molecule has 6 fully saturated rings. The van der Waals surface area contributed by atoms with E-state index in [2.05, 4.69) is 48.5 Å². The summed E-state index contributed by atoms with van der Waals surface area (Å²) in [5.74, 6) is 2.71. The largest absolute Gasteiger partial charge is 0.459 e. The first-order valence-electron chi connectivity index (χ1n) is 14.1. The molecule has 186 valence electrons. The van der Waals surface area contributed by atoms with Crippen LogP contribution >= 0.6 is 0 Å². The van der Waals surface area contributed by atoms with Gasteiger partial charge >= 0.3 is 5.97 Å². The minimum Gasteiger partial charge on any atom is -0.459 e. The lowest BCUT2D eigenvalue weighted by Crippen LogP contribution is -2.66. The van der Waals surface area contributed by atoms with Crippen molar-refractivity contribution in [3.05, 3.63) is 0 Å². The number of cyclic esters (lactones) is 1. The van der Waals surface area contributed by atoms with Gasteiger partial charge in [0.2, 0.25) is 0 Å². The van der Waals surface area contributed by atoms with Gasteiger partial charge in [-0.3, -0.25) is 4.79 Å². The second kappa shape index (κ2) is 6.60. The van der Waals surface area contributed by atoms with E-state index in [9.17, 15) is 4.79 Å². The van der Waals surface area contributed by atoms with Gasteiger partial charge in [-0.2, -0.15) is 0 Å². The Morgan fingerprint density at radius 1 is 0.758 bits per heavy atom. The van der Waals surface area contributed by atoms with Crippen LogP contribution in [0.15, 0.2) is 0 Å². The fourth-order valence-corrected chi connectivity index (χ4v) is 11.6. The molecule has 0 amide bonds. The van der Waals surface area contributed by atoms with Crippen LogP contribution in [0.1, 0.15) is 113 Å². The summed E-state index contributed by atoms with van der Waals surface area (Å²) in [7, 11) is 0. The number of fused-ring (bicyclic) bond motifs is 5. The summed E-state index contributed by atoms with van der Waals surface area (Å²) in [6.45, 7) is 18.3. The Morgan fingerprint density at radius 3 is 2.24 bits per heavy atom. The van der Waals surface area contributed by atoms with Gasteiger partial charge < -0.3 is 9.47 Å². The summed E-state index contributed by atoms with van der Waals surface area (Å²) in [5, 5.41) is 0. The van der Waals surface area contributed by atoms with Crippen molar-refractivity contribution < 1.29 is 14.3 Å². The Balaban J connectivity index is 1.40. The molecule has 0 N–H and O–H groups in total. The van der Waals surface area contributed by atoms with Gasteiger partial charge in [-0.1, -0.05) is 34.6 Å². The van der Waals surface area contributed by atoms with Gasteiger partial charge in [-0.05, 0) is 116 Å². The Hall–Kier alpha value is -0.570. The highest BCUT2D eigenvalue weighted by atomic mass is 16.6. The maximum Gasteiger partial charge on any atom is 0.306 e. The van der Waals surface area contributed by atoms with Crippen LogP contribution in [0.5, 0.6) is 0 Å². The third-order valence-electron chi connectivity index (χ3n) is 13.5. The lowest BCUT2D eigenvalue weighted by Gasteiger charge is -2.72. The molecule has 0 aromatic carbocycles. The van der Waals surface area contributed by atoms with Crippen molar-refractivity contribution in [2.24, 2.45) is 50.7 Å². The molecule has 2 bridgehead atoms. The molecule has 6 rings (SSSR count). The Bertz CT molecular complexity index is 861. The SMILES string of the molecule is CC1(C)CC[C@@]23CC[C@@]4(C)[C@H](CC[C@H]5[C@@]6(C)CCC(=O)OC(C)(C)[C@@H]6CC[C@@]54C)[C@@H]2[C@@H]1OC3. The van der Waals surface area contributed by atoms with Gasteiger partial charge in [-0.15, -0.1) is 0 Å². The summed E-state index contributed by atoms with van der Waals surface area (Å²) in [5.41, 5.74) is 1.32. The van der Waals surface area contributed by atoms with E-state index in [1.54, 1.807) is 0 Å². The van der Waals surface area contributed by atoms with E-state index in [0.717, 1.165) is 24.9 Å². The highest BCUT2D eigenvalue weighted by Crippen LogP contribution is 2.77. The van der Waals surface area contributed by atoms with Crippen molar-refractivity contribution in [1.29, 1.82) is 0 Å². The number of hydrogen-bond donors (Lipinski definition) is 0. The molecule has 0 aromatic heterocycles. The predicted octanol–water partition coefficient (Wildman–Crippen LogP) is 7.17. The average molecular weight is 457 g/mol. The summed E-state index contributed by atoms with van der Waals surface area (Å²) in [6.07, 6.45) is 12.7. The Kier molecular flexibility index (Phi) is 4.57.